The molecule has 0 saturated heterocycles. The molecule has 19 heavy (non-hydrogen) atoms. The number of anilines is 1. The van der Waals surface area contributed by atoms with E-state index < -0.39 is 10.0 Å². The van der Waals surface area contributed by atoms with Gasteiger partial charge in [-0.25, -0.2) is 18.1 Å². The summed E-state index contributed by atoms with van der Waals surface area (Å²) in [5.41, 5.74) is 0.173. The van der Waals surface area contributed by atoms with Crippen LogP contribution in [0, 0.1) is 5.41 Å². The van der Waals surface area contributed by atoms with Crippen molar-refractivity contribution in [1.29, 1.82) is 0 Å². The molecule has 1 aliphatic rings. The minimum Gasteiger partial charge on any atom is -0.373 e. The van der Waals surface area contributed by atoms with Gasteiger partial charge in [0, 0.05) is 25.9 Å². The first kappa shape index (κ1) is 14.3. The third-order valence-electron chi connectivity index (χ3n) is 4.10. The third kappa shape index (κ3) is 3.06. The Balaban J connectivity index is 2.09. The Morgan fingerprint density at radius 1 is 1.42 bits per heavy atom. The number of rotatable bonds is 6. The molecule has 1 aliphatic carbocycles. The SMILES string of the molecule is CCC1(CNS(=O)(=O)c2ccnc(NC)c2)CCC1. The molecule has 1 aromatic heterocycles. The summed E-state index contributed by atoms with van der Waals surface area (Å²) in [6.07, 6.45) is 5.95. The van der Waals surface area contributed by atoms with E-state index in [0.717, 1.165) is 19.3 Å². The van der Waals surface area contributed by atoms with Crippen molar-refractivity contribution in [2.24, 2.45) is 5.41 Å². The molecule has 0 aromatic carbocycles. The van der Waals surface area contributed by atoms with Crippen LogP contribution in [0.4, 0.5) is 5.82 Å². The Morgan fingerprint density at radius 3 is 2.68 bits per heavy atom. The van der Waals surface area contributed by atoms with Gasteiger partial charge in [-0.1, -0.05) is 13.3 Å². The quantitative estimate of drug-likeness (QED) is 0.837. The van der Waals surface area contributed by atoms with Crippen molar-refractivity contribution in [2.75, 3.05) is 18.9 Å². The second kappa shape index (κ2) is 5.46. The standard InChI is InChI=1S/C13H21N3O2S/c1-3-13(6-4-7-13)10-16-19(17,18)11-5-8-15-12(9-11)14-2/h5,8-9,16H,3-4,6-7,10H2,1-2H3,(H,14,15). The van der Waals surface area contributed by atoms with Gasteiger partial charge in [-0.2, -0.15) is 0 Å². The predicted molar refractivity (Wildman–Crippen MR) is 75.5 cm³/mol. The molecule has 0 bridgehead atoms. The Morgan fingerprint density at radius 2 is 2.16 bits per heavy atom. The first-order chi connectivity index (χ1) is 9.01. The van der Waals surface area contributed by atoms with Gasteiger partial charge in [-0.15, -0.1) is 0 Å². The molecule has 2 N–H and O–H groups in total. The Hall–Kier alpha value is -1.14. The third-order valence-corrected chi connectivity index (χ3v) is 5.50. The van der Waals surface area contributed by atoms with Crippen LogP contribution in [0.1, 0.15) is 32.6 Å². The fraction of sp³-hybridized carbons (Fsp3) is 0.615. The summed E-state index contributed by atoms with van der Waals surface area (Å²) in [5.74, 6) is 0.553. The molecule has 5 nitrogen and oxygen atoms in total. The minimum atomic E-state index is -3.44. The fourth-order valence-corrected chi connectivity index (χ4v) is 3.55. The lowest BCUT2D eigenvalue weighted by Gasteiger charge is -2.41. The highest BCUT2D eigenvalue weighted by molar-refractivity contribution is 7.89. The lowest BCUT2D eigenvalue weighted by atomic mass is 9.67. The Bertz CT molecular complexity index is 533. The summed E-state index contributed by atoms with van der Waals surface area (Å²) in [6.45, 7) is 2.65. The summed E-state index contributed by atoms with van der Waals surface area (Å²) < 4.78 is 27.2. The van der Waals surface area contributed by atoms with Crippen molar-refractivity contribution < 1.29 is 8.42 Å². The highest BCUT2D eigenvalue weighted by Gasteiger charge is 2.36. The van der Waals surface area contributed by atoms with Gasteiger partial charge in [-0.05, 0) is 30.7 Å². The molecule has 0 radical (unpaired) electrons. The summed E-state index contributed by atoms with van der Waals surface area (Å²) >= 11 is 0. The molecule has 106 valence electrons. The average Bonchev–Trinajstić information content (AvgIpc) is 2.38. The maximum Gasteiger partial charge on any atom is 0.240 e. The average molecular weight is 283 g/mol. The van der Waals surface area contributed by atoms with Crippen LogP contribution in [-0.4, -0.2) is 27.0 Å². The lowest BCUT2D eigenvalue weighted by Crippen LogP contribution is -2.41. The zero-order valence-corrected chi connectivity index (χ0v) is 12.3. The van der Waals surface area contributed by atoms with Crippen molar-refractivity contribution in [3.05, 3.63) is 18.3 Å². The second-order valence-corrected chi connectivity index (χ2v) is 6.93. The normalized spacial score (nSPS) is 17.8. The Labute approximate surface area is 114 Å². The monoisotopic (exact) mass is 283 g/mol. The number of hydrogen-bond acceptors (Lipinski definition) is 4. The highest BCUT2D eigenvalue weighted by atomic mass is 32.2. The molecule has 1 aromatic rings. The van der Waals surface area contributed by atoms with Crippen LogP contribution in [-0.2, 0) is 10.0 Å². The van der Waals surface area contributed by atoms with Crippen molar-refractivity contribution in [3.8, 4) is 0 Å². The smallest absolute Gasteiger partial charge is 0.240 e. The molecule has 0 spiro atoms. The Kier molecular flexibility index (Phi) is 4.10. The van der Waals surface area contributed by atoms with Crippen LogP contribution in [0.3, 0.4) is 0 Å². The second-order valence-electron chi connectivity index (χ2n) is 5.16. The number of aromatic nitrogens is 1. The van der Waals surface area contributed by atoms with E-state index in [2.05, 4.69) is 21.9 Å². The van der Waals surface area contributed by atoms with Crippen LogP contribution in [0.2, 0.25) is 0 Å². The summed E-state index contributed by atoms with van der Waals surface area (Å²) in [6, 6.07) is 3.06. The largest absolute Gasteiger partial charge is 0.373 e. The minimum absolute atomic E-state index is 0.173. The van der Waals surface area contributed by atoms with Gasteiger partial charge in [0.1, 0.15) is 5.82 Å². The van der Waals surface area contributed by atoms with Crippen molar-refractivity contribution >= 4 is 15.8 Å². The fourth-order valence-electron chi connectivity index (χ4n) is 2.38. The molecule has 1 saturated carbocycles. The van der Waals surface area contributed by atoms with E-state index in [0.29, 0.717) is 12.4 Å². The van der Waals surface area contributed by atoms with E-state index in [1.807, 2.05) is 0 Å². The van der Waals surface area contributed by atoms with Crippen LogP contribution in [0.5, 0.6) is 0 Å². The maximum absolute atomic E-state index is 12.2. The summed E-state index contributed by atoms with van der Waals surface area (Å²) in [7, 11) is -1.73. The van der Waals surface area contributed by atoms with E-state index in [-0.39, 0.29) is 10.3 Å². The highest BCUT2D eigenvalue weighted by Crippen LogP contribution is 2.43. The lowest BCUT2D eigenvalue weighted by molar-refractivity contribution is 0.133. The maximum atomic E-state index is 12.2. The van der Waals surface area contributed by atoms with Gasteiger partial charge in [0.15, 0.2) is 0 Å². The molecule has 0 unspecified atom stereocenters. The predicted octanol–water partition coefficient (Wildman–Crippen LogP) is 1.98. The molecule has 2 rings (SSSR count). The van der Waals surface area contributed by atoms with E-state index >= 15 is 0 Å². The molecular weight excluding hydrogens is 262 g/mol. The van der Waals surface area contributed by atoms with Crippen molar-refractivity contribution in [2.45, 2.75) is 37.5 Å². The number of nitrogens with zero attached hydrogens (tertiary/aromatic N) is 1. The van der Waals surface area contributed by atoms with Crippen LogP contribution in [0.15, 0.2) is 23.2 Å². The van der Waals surface area contributed by atoms with Gasteiger partial charge in [0.05, 0.1) is 4.90 Å². The van der Waals surface area contributed by atoms with E-state index in [1.165, 1.54) is 18.7 Å². The van der Waals surface area contributed by atoms with Crippen molar-refractivity contribution in [1.82, 2.24) is 9.71 Å². The van der Waals surface area contributed by atoms with Gasteiger partial charge < -0.3 is 5.32 Å². The van der Waals surface area contributed by atoms with E-state index in [4.69, 9.17) is 0 Å². The topological polar surface area (TPSA) is 71.1 Å². The molecule has 6 heteroatoms. The van der Waals surface area contributed by atoms with E-state index in [1.54, 1.807) is 13.1 Å². The summed E-state index contributed by atoms with van der Waals surface area (Å²) in [5, 5.41) is 2.84. The number of pyridine rings is 1. The van der Waals surface area contributed by atoms with Crippen LogP contribution >= 0.6 is 0 Å². The zero-order chi connectivity index (χ0) is 13.9. The van der Waals surface area contributed by atoms with Gasteiger partial charge in [-0.3, -0.25) is 0 Å². The number of sulfonamides is 1. The van der Waals surface area contributed by atoms with Gasteiger partial charge >= 0.3 is 0 Å². The first-order valence-electron chi connectivity index (χ1n) is 6.65. The number of hydrogen-bond donors (Lipinski definition) is 2. The van der Waals surface area contributed by atoms with Crippen LogP contribution < -0.4 is 10.0 Å². The van der Waals surface area contributed by atoms with Gasteiger partial charge in [0.25, 0.3) is 0 Å². The molecule has 0 atom stereocenters. The molecule has 0 amide bonds. The van der Waals surface area contributed by atoms with E-state index in [9.17, 15) is 8.42 Å². The number of nitrogens with one attached hydrogen (secondary N) is 2. The molecular formula is C13H21N3O2S. The molecule has 1 heterocycles. The van der Waals surface area contributed by atoms with Crippen LogP contribution in [0.25, 0.3) is 0 Å². The molecule has 1 fully saturated rings. The zero-order valence-electron chi connectivity index (χ0n) is 11.4. The van der Waals surface area contributed by atoms with Crippen molar-refractivity contribution in [3.63, 3.8) is 0 Å². The summed E-state index contributed by atoms with van der Waals surface area (Å²) in [4.78, 5) is 4.28. The van der Waals surface area contributed by atoms with Gasteiger partial charge in [0.2, 0.25) is 10.0 Å². The first-order valence-corrected chi connectivity index (χ1v) is 8.13. The molecule has 0 aliphatic heterocycles.